The zero-order chi connectivity index (χ0) is 8.55. The lowest BCUT2D eigenvalue weighted by Gasteiger charge is -1.99. The van der Waals surface area contributed by atoms with Gasteiger partial charge in [0.25, 0.3) is 0 Å². The molecule has 0 unspecified atom stereocenters. The van der Waals surface area contributed by atoms with E-state index in [0.717, 1.165) is 17.8 Å². The van der Waals surface area contributed by atoms with Gasteiger partial charge in [-0.2, -0.15) is 5.10 Å². The van der Waals surface area contributed by atoms with Crippen molar-refractivity contribution in [1.29, 1.82) is 0 Å². The van der Waals surface area contributed by atoms with Crippen molar-refractivity contribution >= 4 is 17.2 Å². The molecule has 0 saturated carbocycles. The van der Waals surface area contributed by atoms with Crippen LogP contribution in [0.2, 0.25) is 5.15 Å². The summed E-state index contributed by atoms with van der Waals surface area (Å²) in [4.78, 5) is 4.33. The van der Waals surface area contributed by atoms with E-state index < -0.39 is 0 Å². The molecular formula is C8H8ClN3. The van der Waals surface area contributed by atoms with Crippen LogP contribution in [0.3, 0.4) is 0 Å². The van der Waals surface area contributed by atoms with Gasteiger partial charge in [0.05, 0.1) is 6.20 Å². The van der Waals surface area contributed by atoms with Crippen LogP contribution in [0, 0.1) is 0 Å². The number of hydrogen-bond donors (Lipinski definition) is 0. The highest BCUT2D eigenvalue weighted by atomic mass is 35.5. The number of fused-ring (bicyclic) bond motifs is 1. The van der Waals surface area contributed by atoms with E-state index in [9.17, 15) is 0 Å². The Kier molecular flexibility index (Phi) is 1.73. The van der Waals surface area contributed by atoms with Gasteiger partial charge in [-0.15, -0.1) is 0 Å². The molecule has 2 rings (SSSR count). The number of nitrogens with zero attached hydrogens (tertiary/aromatic N) is 3. The SMILES string of the molecule is CCc1cc(Cl)n2nccc2n1. The summed E-state index contributed by atoms with van der Waals surface area (Å²) in [6.07, 6.45) is 2.58. The molecule has 62 valence electrons. The Hall–Kier alpha value is -1.09. The fourth-order valence-electron chi connectivity index (χ4n) is 1.10. The van der Waals surface area contributed by atoms with E-state index in [4.69, 9.17) is 11.6 Å². The van der Waals surface area contributed by atoms with E-state index in [1.54, 1.807) is 10.7 Å². The Labute approximate surface area is 75.0 Å². The average Bonchev–Trinajstić information content (AvgIpc) is 2.52. The van der Waals surface area contributed by atoms with Crippen molar-refractivity contribution in [3.63, 3.8) is 0 Å². The number of hydrogen-bond acceptors (Lipinski definition) is 2. The molecule has 0 aliphatic carbocycles. The molecule has 3 nitrogen and oxygen atoms in total. The molecule has 0 fully saturated rings. The number of aryl methyl sites for hydroxylation is 1. The summed E-state index contributed by atoms with van der Waals surface area (Å²) in [5.41, 5.74) is 1.80. The predicted octanol–water partition coefficient (Wildman–Crippen LogP) is 1.95. The summed E-state index contributed by atoms with van der Waals surface area (Å²) in [5, 5.41) is 4.63. The molecule has 0 spiro atoms. The van der Waals surface area contributed by atoms with Crippen LogP contribution < -0.4 is 0 Å². The van der Waals surface area contributed by atoms with Crippen LogP contribution in [0.25, 0.3) is 5.65 Å². The van der Waals surface area contributed by atoms with Crippen LogP contribution in [0.1, 0.15) is 12.6 Å². The lowest BCUT2D eigenvalue weighted by atomic mass is 10.3. The molecule has 0 N–H and O–H groups in total. The van der Waals surface area contributed by atoms with Crippen LogP contribution in [-0.2, 0) is 6.42 Å². The van der Waals surface area contributed by atoms with Crippen LogP contribution in [0.4, 0.5) is 0 Å². The monoisotopic (exact) mass is 181 g/mol. The summed E-state index contributed by atoms with van der Waals surface area (Å²) in [5.74, 6) is 0. The molecule has 0 saturated heterocycles. The molecule has 0 bridgehead atoms. The van der Waals surface area contributed by atoms with Gasteiger partial charge in [0.1, 0.15) is 5.15 Å². The van der Waals surface area contributed by atoms with E-state index in [1.165, 1.54) is 0 Å². The normalized spacial score (nSPS) is 10.8. The highest BCUT2D eigenvalue weighted by molar-refractivity contribution is 6.29. The average molecular weight is 182 g/mol. The third kappa shape index (κ3) is 1.06. The second-order valence-corrected chi connectivity index (χ2v) is 2.91. The van der Waals surface area contributed by atoms with Crippen molar-refractivity contribution in [1.82, 2.24) is 14.6 Å². The minimum absolute atomic E-state index is 0.613. The topological polar surface area (TPSA) is 30.2 Å². The van der Waals surface area contributed by atoms with Gasteiger partial charge in [-0.25, -0.2) is 9.50 Å². The van der Waals surface area contributed by atoms with Gasteiger partial charge in [0.2, 0.25) is 0 Å². The van der Waals surface area contributed by atoms with Crippen molar-refractivity contribution < 1.29 is 0 Å². The number of halogens is 1. The van der Waals surface area contributed by atoms with Gasteiger partial charge in [-0.1, -0.05) is 18.5 Å². The second kappa shape index (κ2) is 2.75. The Morgan fingerprint density at radius 1 is 1.58 bits per heavy atom. The Morgan fingerprint density at radius 2 is 2.42 bits per heavy atom. The third-order valence-electron chi connectivity index (χ3n) is 1.73. The number of aromatic nitrogens is 3. The van der Waals surface area contributed by atoms with E-state index >= 15 is 0 Å². The number of rotatable bonds is 1. The molecule has 4 heteroatoms. The first kappa shape index (κ1) is 7.55. The van der Waals surface area contributed by atoms with Crippen molar-refractivity contribution in [3.05, 3.63) is 29.2 Å². The van der Waals surface area contributed by atoms with Crippen LogP contribution in [0.5, 0.6) is 0 Å². The zero-order valence-electron chi connectivity index (χ0n) is 6.66. The largest absolute Gasteiger partial charge is 0.233 e. The van der Waals surface area contributed by atoms with E-state index in [-0.39, 0.29) is 0 Å². The molecule has 0 aromatic carbocycles. The summed E-state index contributed by atoms with van der Waals surface area (Å²) in [6.45, 7) is 2.05. The first-order chi connectivity index (χ1) is 5.81. The van der Waals surface area contributed by atoms with E-state index in [2.05, 4.69) is 10.1 Å². The molecule has 2 aromatic heterocycles. The highest BCUT2D eigenvalue weighted by Gasteiger charge is 2.01. The maximum absolute atomic E-state index is 5.94. The van der Waals surface area contributed by atoms with Crippen molar-refractivity contribution in [3.8, 4) is 0 Å². The summed E-state index contributed by atoms with van der Waals surface area (Å²) >= 11 is 5.94. The van der Waals surface area contributed by atoms with Gasteiger partial charge in [-0.05, 0) is 12.5 Å². The van der Waals surface area contributed by atoms with Gasteiger partial charge in [0, 0.05) is 11.8 Å². The minimum Gasteiger partial charge on any atom is -0.233 e. The molecule has 0 amide bonds. The molecule has 0 atom stereocenters. The third-order valence-corrected chi connectivity index (χ3v) is 2.00. The molecule has 2 heterocycles. The standard InChI is InChI=1S/C8H8ClN3/c1-2-6-5-7(9)12-8(11-6)3-4-10-12/h3-5H,2H2,1H3. The molecule has 2 aromatic rings. The maximum atomic E-state index is 5.94. The summed E-state index contributed by atoms with van der Waals surface area (Å²) in [6, 6.07) is 3.67. The van der Waals surface area contributed by atoms with Crippen LogP contribution in [-0.4, -0.2) is 14.6 Å². The first-order valence-electron chi connectivity index (χ1n) is 3.80. The second-order valence-electron chi connectivity index (χ2n) is 2.52. The van der Waals surface area contributed by atoms with Gasteiger partial charge in [0.15, 0.2) is 5.65 Å². The first-order valence-corrected chi connectivity index (χ1v) is 4.18. The Morgan fingerprint density at radius 3 is 3.17 bits per heavy atom. The van der Waals surface area contributed by atoms with Crippen molar-refractivity contribution in [2.45, 2.75) is 13.3 Å². The molecule has 0 aliphatic heterocycles. The van der Waals surface area contributed by atoms with Gasteiger partial charge < -0.3 is 0 Å². The summed E-state index contributed by atoms with van der Waals surface area (Å²) < 4.78 is 1.61. The maximum Gasteiger partial charge on any atom is 0.156 e. The van der Waals surface area contributed by atoms with Gasteiger partial charge >= 0.3 is 0 Å². The fourth-order valence-corrected chi connectivity index (χ4v) is 1.36. The van der Waals surface area contributed by atoms with Crippen molar-refractivity contribution in [2.75, 3.05) is 0 Å². The highest BCUT2D eigenvalue weighted by Crippen LogP contribution is 2.12. The van der Waals surface area contributed by atoms with Crippen molar-refractivity contribution in [2.24, 2.45) is 0 Å². The van der Waals surface area contributed by atoms with E-state index in [0.29, 0.717) is 5.15 Å². The Balaban J connectivity index is 2.75. The lowest BCUT2D eigenvalue weighted by molar-refractivity contribution is 0.913. The molecular weight excluding hydrogens is 174 g/mol. The van der Waals surface area contributed by atoms with Crippen LogP contribution in [0.15, 0.2) is 18.3 Å². The zero-order valence-corrected chi connectivity index (χ0v) is 7.41. The lowest BCUT2D eigenvalue weighted by Crippen LogP contribution is -1.95. The molecule has 12 heavy (non-hydrogen) atoms. The summed E-state index contributed by atoms with van der Waals surface area (Å²) in [7, 11) is 0. The molecule has 0 aliphatic rings. The van der Waals surface area contributed by atoms with E-state index in [1.807, 2.05) is 19.1 Å². The molecule has 0 radical (unpaired) electrons. The quantitative estimate of drug-likeness (QED) is 0.630. The van der Waals surface area contributed by atoms with Gasteiger partial charge in [-0.3, -0.25) is 0 Å². The minimum atomic E-state index is 0.613. The Bertz CT molecular complexity index is 408. The van der Waals surface area contributed by atoms with Crippen LogP contribution >= 0.6 is 11.6 Å². The fraction of sp³-hybridized carbons (Fsp3) is 0.250. The predicted molar refractivity (Wildman–Crippen MR) is 47.4 cm³/mol. The smallest absolute Gasteiger partial charge is 0.156 e.